The van der Waals surface area contributed by atoms with Crippen LogP contribution in [-0.4, -0.2) is 58.4 Å². The monoisotopic (exact) mass is 413 g/mol. The minimum atomic E-state index is -0.0537. The molecule has 0 radical (unpaired) electrons. The molecule has 6 nitrogen and oxygen atoms in total. The van der Waals surface area contributed by atoms with Gasteiger partial charge in [-0.05, 0) is 62.2 Å². The second kappa shape index (κ2) is 10.5. The van der Waals surface area contributed by atoms with Crippen LogP contribution in [0.25, 0.3) is 0 Å². The number of ether oxygens (including phenoxy) is 2. The van der Waals surface area contributed by atoms with Crippen molar-refractivity contribution in [2.75, 3.05) is 51.8 Å². The van der Waals surface area contributed by atoms with Crippen molar-refractivity contribution in [1.29, 1.82) is 0 Å². The molecule has 0 saturated carbocycles. The minimum absolute atomic E-state index is 0.0537. The average molecular weight is 414 g/mol. The lowest BCUT2D eigenvalue weighted by molar-refractivity contribution is -1.02. The number of anilines is 1. The van der Waals surface area contributed by atoms with Gasteiger partial charge in [0.05, 0.1) is 7.11 Å². The highest BCUT2D eigenvalue weighted by atomic mass is 16.5. The first kappa shape index (κ1) is 22.1. The van der Waals surface area contributed by atoms with Crippen molar-refractivity contribution < 1.29 is 24.1 Å². The molecule has 1 fully saturated rings. The van der Waals surface area contributed by atoms with Gasteiger partial charge in [-0.3, -0.25) is 4.79 Å². The third kappa shape index (κ3) is 5.97. The molecule has 0 bridgehead atoms. The highest BCUT2D eigenvalue weighted by molar-refractivity contribution is 5.94. The zero-order chi connectivity index (χ0) is 21.5. The normalized spacial score (nSPS) is 19.7. The number of rotatable bonds is 8. The average Bonchev–Trinajstić information content (AvgIpc) is 2.76. The fraction of sp³-hybridized carbons (Fsp3) is 0.458. The smallest absolute Gasteiger partial charge is 0.282 e. The number of hydrogen-bond acceptors (Lipinski definition) is 3. The number of quaternary nitrogens is 2. The van der Waals surface area contributed by atoms with Gasteiger partial charge in [-0.25, -0.2) is 0 Å². The molecule has 1 amide bonds. The maximum atomic E-state index is 12.8. The van der Waals surface area contributed by atoms with Gasteiger partial charge >= 0.3 is 0 Å². The van der Waals surface area contributed by atoms with Gasteiger partial charge in [0.1, 0.15) is 50.8 Å². The van der Waals surface area contributed by atoms with E-state index in [4.69, 9.17) is 9.47 Å². The fourth-order valence-electron chi connectivity index (χ4n) is 3.89. The lowest BCUT2D eigenvalue weighted by Crippen LogP contribution is -3.30. The number of piperazine rings is 1. The van der Waals surface area contributed by atoms with Crippen molar-refractivity contribution in [3.63, 3.8) is 0 Å². The second-order valence-corrected chi connectivity index (χ2v) is 8.21. The highest BCUT2D eigenvalue weighted by Gasteiger charge is 2.31. The van der Waals surface area contributed by atoms with Crippen LogP contribution in [0, 0.1) is 13.8 Å². The number of benzene rings is 2. The predicted molar refractivity (Wildman–Crippen MR) is 119 cm³/mol. The molecule has 2 aromatic rings. The number of methoxy groups -OCH3 is 1. The number of amides is 1. The van der Waals surface area contributed by atoms with Gasteiger partial charge in [0.25, 0.3) is 5.91 Å². The Bertz CT molecular complexity index is 830. The summed E-state index contributed by atoms with van der Waals surface area (Å²) >= 11 is 0. The van der Waals surface area contributed by atoms with E-state index < -0.39 is 0 Å². The Morgan fingerprint density at radius 1 is 1.03 bits per heavy atom. The Balaban J connectivity index is 1.40. The van der Waals surface area contributed by atoms with Crippen molar-refractivity contribution >= 4 is 11.6 Å². The van der Waals surface area contributed by atoms with Crippen LogP contribution in [0.15, 0.2) is 42.5 Å². The third-order valence-electron chi connectivity index (χ3n) is 6.04. The van der Waals surface area contributed by atoms with Crippen LogP contribution < -0.4 is 24.6 Å². The van der Waals surface area contributed by atoms with Crippen LogP contribution in [-0.2, 0) is 4.79 Å². The van der Waals surface area contributed by atoms with Gasteiger partial charge in [0.15, 0.2) is 6.04 Å². The third-order valence-corrected chi connectivity index (χ3v) is 6.04. The van der Waals surface area contributed by atoms with Crippen molar-refractivity contribution in [3.8, 4) is 11.5 Å². The molecule has 1 saturated heterocycles. The summed E-state index contributed by atoms with van der Waals surface area (Å²) in [6.45, 7) is 11.9. The number of carbonyl (C=O) groups is 1. The molecule has 1 aliphatic heterocycles. The van der Waals surface area contributed by atoms with Crippen LogP contribution in [0.3, 0.4) is 0 Å². The molecule has 162 valence electrons. The Morgan fingerprint density at radius 3 is 2.37 bits per heavy atom. The number of carbonyl (C=O) groups excluding carboxylic acids is 1. The first-order valence-electron chi connectivity index (χ1n) is 10.8. The summed E-state index contributed by atoms with van der Waals surface area (Å²) in [6.07, 6.45) is 0. The molecule has 6 heteroatoms. The molecule has 1 heterocycles. The molecule has 2 aromatic carbocycles. The van der Waals surface area contributed by atoms with E-state index in [9.17, 15) is 4.79 Å². The van der Waals surface area contributed by atoms with Gasteiger partial charge < -0.3 is 24.6 Å². The van der Waals surface area contributed by atoms with Crippen LogP contribution >= 0.6 is 0 Å². The van der Waals surface area contributed by atoms with E-state index in [1.54, 1.807) is 7.11 Å². The van der Waals surface area contributed by atoms with Gasteiger partial charge in [0, 0.05) is 5.69 Å². The van der Waals surface area contributed by atoms with E-state index in [0.717, 1.165) is 61.0 Å². The first-order chi connectivity index (χ1) is 14.5. The first-order valence-corrected chi connectivity index (χ1v) is 10.8. The van der Waals surface area contributed by atoms with Gasteiger partial charge in [0.2, 0.25) is 0 Å². The summed E-state index contributed by atoms with van der Waals surface area (Å²) in [4.78, 5) is 15.7. The molecular formula is C24H35N3O3+2. The van der Waals surface area contributed by atoms with Gasteiger partial charge in [-0.1, -0.05) is 12.1 Å². The maximum Gasteiger partial charge on any atom is 0.282 e. The topological polar surface area (TPSA) is 56.4 Å². The van der Waals surface area contributed by atoms with Crippen molar-refractivity contribution in [2.24, 2.45) is 0 Å². The summed E-state index contributed by atoms with van der Waals surface area (Å²) in [6, 6.07) is 13.8. The standard InChI is InChI=1S/C24H33N3O3/c1-18-5-6-19(2)23(17-18)25-24(28)20(3)27-13-11-26(12-14-27)15-16-30-22-9-7-21(29-4)8-10-22/h5-10,17,20H,11-16H2,1-4H3,(H,25,28)/p+2/t20-/m0/s1. The van der Waals surface area contributed by atoms with Crippen LogP contribution in [0.2, 0.25) is 0 Å². The van der Waals surface area contributed by atoms with Gasteiger partial charge in [-0.15, -0.1) is 0 Å². The molecule has 0 spiro atoms. The van der Waals surface area contributed by atoms with Crippen molar-refractivity contribution in [1.82, 2.24) is 0 Å². The summed E-state index contributed by atoms with van der Waals surface area (Å²) in [5.74, 6) is 1.81. The van der Waals surface area contributed by atoms with Crippen molar-refractivity contribution in [2.45, 2.75) is 26.8 Å². The molecule has 1 atom stereocenters. The maximum absolute atomic E-state index is 12.8. The predicted octanol–water partition coefficient (Wildman–Crippen LogP) is 0.501. The molecule has 1 aliphatic rings. The quantitative estimate of drug-likeness (QED) is 0.591. The highest BCUT2D eigenvalue weighted by Crippen LogP contribution is 2.17. The fourth-order valence-corrected chi connectivity index (χ4v) is 3.89. The Labute approximate surface area is 179 Å². The molecule has 0 aliphatic carbocycles. The number of nitrogens with one attached hydrogen (secondary N) is 3. The van der Waals surface area contributed by atoms with E-state index in [2.05, 4.69) is 17.4 Å². The molecule has 3 rings (SSSR count). The van der Waals surface area contributed by atoms with E-state index in [0.29, 0.717) is 6.61 Å². The van der Waals surface area contributed by atoms with E-state index in [1.165, 1.54) is 9.80 Å². The van der Waals surface area contributed by atoms with Crippen LogP contribution in [0.4, 0.5) is 5.69 Å². The molecule has 0 unspecified atom stereocenters. The Kier molecular flexibility index (Phi) is 7.71. The lowest BCUT2D eigenvalue weighted by atomic mass is 10.1. The summed E-state index contributed by atoms with van der Waals surface area (Å²) in [5.41, 5.74) is 3.18. The Hall–Kier alpha value is -2.57. The van der Waals surface area contributed by atoms with E-state index in [-0.39, 0.29) is 11.9 Å². The van der Waals surface area contributed by atoms with Crippen LogP contribution in [0.5, 0.6) is 11.5 Å². The summed E-state index contributed by atoms with van der Waals surface area (Å²) in [5, 5.41) is 3.12. The minimum Gasteiger partial charge on any atom is -0.497 e. The lowest BCUT2D eigenvalue weighted by Gasteiger charge is -2.32. The summed E-state index contributed by atoms with van der Waals surface area (Å²) in [7, 11) is 1.66. The van der Waals surface area contributed by atoms with Gasteiger partial charge in [-0.2, -0.15) is 0 Å². The Morgan fingerprint density at radius 2 is 1.70 bits per heavy atom. The molecular weight excluding hydrogens is 378 g/mol. The van der Waals surface area contributed by atoms with E-state index >= 15 is 0 Å². The molecule has 0 aromatic heterocycles. The largest absolute Gasteiger partial charge is 0.497 e. The second-order valence-electron chi connectivity index (χ2n) is 8.21. The zero-order valence-electron chi connectivity index (χ0n) is 18.6. The molecule has 3 N–H and O–H groups in total. The van der Waals surface area contributed by atoms with Crippen molar-refractivity contribution in [3.05, 3.63) is 53.6 Å². The zero-order valence-corrected chi connectivity index (χ0v) is 18.6. The number of hydrogen-bond donors (Lipinski definition) is 3. The molecule has 30 heavy (non-hydrogen) atoms. The van der Waals surface area contributed by atoms with Crippen LogP contribution in [0.1, 0.15) is 18.1 Å². The summed E-state index contributed by atoms with van der Waals surface area (Å²) < 4.78 is 11.0. The SMILES string of the molecule is COc1ccc(OCC[NH+]2CC[NH+]([C@@H](C)C(=O)Nc3cc(C)ccc3C)CC2)cc1. The number of aryl methyl sites for hydroxylation is 2. The van der Waals surface area contributed by atoms with E-state index in [1.807, 2.05) is 51.1 Å².